The number of benzene rings is 1. The molecule has 1 aromatic rings. The number of carboxylic acid groups (broad SMARTS) is 1. The summed E-state index contributed by atoms with van der Waals surface area (Å²) >= 11 is 0. The molecule has 0 heterocycles. The van der Waals surface area contributed by atoms with Crippen molar-refractivity contribution in [3.05, 3.63) is 33.9 Å². The van der Waals surface area contributed by atoms with Gasteiger partial charge in [0.15, 0.2) is 5.75 Å². The summed E-state index contributed by atoms with van der Waals surface area (Å²) in [6.45, 7) is 4.02. The van der Waals surface area contributed by atoms with Crippen LogP contribution in [-0.2, 0) is 4.79 Å². The molecule has 110 valence electrons. The summed E-state index contributed by atoms with van der Waals surface area (Å²) in [5.74, 6) is -0.974. The first kappa shape index (κ1) is 15.9. The van der Waals surface area contributed by atoms with Gasteiger partial charge in [-0.3, -0.25) is 14.9 Å². The Balaban J connectivity index is 2.77. The topological polar surface area (TPSA) is 102 Å². The van der Waals surface area contributed by atoms with Crippen LogP contribution in [0.2, 0.25) is 0 Å². The van der Waals surface area contributed by atoms with Gasteiger partial charge in [-0.05, 0) is 31.5 Å². The first-order valence-corrected chi connectivity index (χ1v) is 6.29. The maximum Gasteiger partial charge on any atom is 0.324 e. The molecule has 0 radical (unpaired) electrons. The lowest BCUT2D eigenvalue weighted by atomic mass is 10.2. The first-order chi connectivity index (χ1) is 9.45. The van der Waals surface area contributed by atoms with E-state index in [2.05, 4.69) is 5.32 Å². The minimum Gasteiger partial charge on any atom is -0.485 e. The molecule has 0 saturated carbocycles. The smallest absolute Gasteiger partial charge is 0.324 e. The Labute approximate surface area is 116 Å². The van der Waals surface area contributed by atoms with Gasteiger partial charge in [0.25, 0.3) is 0 Å². The third kappa shape index (κ3) is 4.51. The van der Waals surface area contributed by atoms with E-state index in [1.807, 2.05) is 6.92 Å². The molecule has 1 atom stereocenters. The zero-order valence-corrected chi connectivity index (χ0v) is 11.5. The van der Waals surface area contributed by atoms with Crippen molar-refractivity contribution < 1.29 is 19.6 Å². The predicted octanol–water partition coefficient (Wildman–Crippen LogP) is 1.73. The SMILES string of the molecule is CCCNC(COc1ccc(C)cc1[N+](=O)[O-])C(=O)O. The number of nitrogens with zero attached hydrogens (tertiary/aromatic N) is 1. The lowest BCUT2D eigenvalue weighted by molar-refractivity contribution is -0.385. The predicted molar refractivity (Wildman–Crippen MR) is 73.0 cm³/mol. The lowest BCUT2D eigenvalue weighted by Gasteiger charge is -2.15. The molecule has 7 heteroatoms. The van der Waals surface area contributed by atoms with Crippen LogP contribution in [0, 0.1) is 17.0 Å². The number of aliphatic carboxylic acids is 1. The highest BCUT2D eigenvalue weighted by atomic mass is 16.6. The summed E-state index contributed by atoms with van der Waals surface area (Å²) in [6, 6.07) is 3.66. The maximum absolute atomic E-state index is 11.0. The number of carboxylic acids is 1. The molecule has 0 saturated heterocycles. The molecule has 0 bridgehead atoms. The Morgan fingerprint density at radius 1 is 1.55 bits per heavy atom. The Morgan fingerprint density at radius 2 is 2.25 bits per heavy atom. The van der Waals surface area contributed by atoms with Crippen LogP contribution in [0.4, 0.5) is 5.69 Å². The minimum atomic E-state index is -1.05. The van der Waals surface area contributed by atoms with Gasteiger partial charge in [0.2, 0.25) is 0 Å². The average molecular weight is 282 g/mol. The van der Waals surface area contributed by atoms with Crippen molar-refractivity contribution in [3.63, 3.8) is 0 Å². The monoisotopic (exact) mass is 282 g/mol. The number of aryl methyl sites for hydroxylation is 1. The lowest BCUT2D eigenvalue weighted by Crippen LogP contribution is -2.41. The quantitative estimate of drug-likeness (QED) is 0.556. The van der Waals surface area contributed by atoms with Gasteiger partial charge in [-0.15, -0.1) is 0 Å². The Bertz CT molecular complexity index is 490. The van der Waals surface area contributed by atoms with Gasteiger partial charge in [-0.2, -0.15) is 0 Å². The van der Waals surface area contributed by atoms with E-state index in [0.717, 1.165) is 12.0 Å². The molecule has 0 aliphatic rings. The number of nitrogens with one attached hydrogen (secondary N) is 1. The van der Waals surface area contributed by atoms with Gasteiger partial charge in [-0.25, -0.2) is 0 Å². The van der Waals surface area contributed by atoms with Crippen LogP contribution >= 0.6 is 0 Å². The number of ether oxygens (including phenoxy) is 1. The molecule has 7 nitrogen and oxygen atoms in total. The second-order valence-corrected chi connectivity index (χ2v) is 4.38. The molecule has 20 heavy (non-hydrogen) atoms. The van der Waals surface area contributed by atoms with E-state index in [0.29, 0.717) is 6.54 Å². The van der Waals surface area contributed by atoms with E-state index in [9.17, 15) is 14.9 Å². The summed E-state index contributed by atoms with van der Waals surface area (Å²) in [5.41, 5.74) is 0.576. The number of rotatable bonds is 8. The van der Waals surface area contributed by atoms with Crippen molar-refractivity contribution in [1.29, 1.82) is 0 Å². The second kappa shape index (κ2) is 7.44. The Morgan fingerprint density at radius 3 is 2.80 bits per heavy atom. The highest BCUT2D eigenvalue weighted by Gasteiger charge is 2.20. The van der Waals surface area contributed by atoms with Crippen molar-refractivity contribution >= 4 is 11.7 Å². The number of hydrogen-bond acceptors (Lipinski definition) is 5. The highest BCUT2D eigenvalue weighted by Crippen LogP contribution is 2.27. The van der Waals surface area contributed by atoms with Gasteiger partial charge in [0.1, 0.15) is 12.6 Å². The Hall–Kier alpha value is -2.15. The summed E-state index contributed by atoms with van der Waals surface area (Å²) < 4.78 is 5.29. The maximum atomic E-state index is 11.0. The minimum absolute atomic E-state index is 0.0742. The fraction of sp³-hybridized carbons (Fsp3) is 0.462. The molecule has 2 N–H and O–H groups in total. The van der Waals surface area contributed by atoms with E-state index in [1.165, 1.54) is 12.1 Å². The van der Waals surface area contributed by atoms with Gasteiger partial charge >= 0.3 is 11.7 Å². The van der Waals surface area contributed by atoms with Gasteiger partial charge in [0, 0.05) is 6.07 Å². The van der Waals surface area contributed by atoms with E-state index in [-0.39, 0.29) is 18.0 Å². The number of hydrogen-bond donors (Lipinski definition) is 2. The van der Waals surface area contributed by atoms with Gasteiger partial charge in [0.05, 0.1) is 4.92 Å². The fourth-order valence-electron chi connectivity index (χ4n) is 1.60. The summed E-state index contributed by atoms with van der Waals surface area (Å²) in [7, 11) is 0. The van der Waals surface area contributed by atoms with Crippen molar-refractivity contribution in [2.45, 2.75) is 26.3 Å². The molecular weight excluding hydrogens is 264 g/mol. The first-order valence-electron chi connectivity index (χ1n) is 6.29. The van der Waals surface area contributed by atoms with Crippen molar-refractivity contribution in [1.82, 2.24) is 5.32 Å². The van der Waals surface area contributed by atoms with Gasteiger partial charge in [-0.1, -0.05) is 13.0 Å². The standard InChI is InChI=1S/C13H18N2O5/c1-3-6-14-10(13(16)17)8-20-12-5-4-9(2)7-11(12)15(18)19/h4-5,7,10,14H,3,6,8H2,1-2H3,(H,16,17). The van der Waals surface area contributed by atoms with Crippen LogP contribution in [0.5, 0.6) is 5.75 Å². The van der Waals surface area contributed by atoms with Crippen LogP contribution in [0.15, 0.2) is 18.2 Å². The zero-order valence-electron chi connectivity index (χ0n) is 11.5. The molecule has 0 aliphatic carbocycles. The molecule has 0 fully saturated rings. The molecule has 0 aromatic heterocycles. The van der Waals surface area contributed by atoms with Crippen LogP contribution in [0.3, 0.4) is 0 Å². The molecule has 0 spiro atoms. The highest BCUT2D eigenvalue weighted by molar-refractivity contribution is 5.73. The molecule has 0 amide bonds. The molecule has 1 rings (SSSR count). The summed E-state index contributed by atoms with van der Waals surface area (Å²) in [4.78, 5) is 21.4. The zero-order chi connectivity index (χ0) is 15.1. The fourth-order valence-corrected chi connectivity index (χ4v) is 1.60. The van der Waals surface area contributed by atoms with Crippen LogP contribution in [0.1, 0.15) is 18.9 Å². The second-order valence-electron chi connectivity index (χ2n) is 4.38. The molecule has 1 aromatic carbocycles. The van der Waals surface area contributed by atoms with E-state index in [4.69, 9.17) is 9.84 Å². The van der Waals surface area contributed by atoms with Crippen molar-refractivity contribution in [2.24, 2.45) is 0 Å². The third-order valence-electron chi connectivity index (χ3n) is 2.66. The Kier molecular flexibility index (Phi) is 5.92. The van der Waals surface area contributed by atoms with E-state index in [1.54, 1.807) is 13.0 Å². The number of nitro benzene ring substituents is 1. The number of nitro groups is 1. The number of carbonyl (C=O) groups is 1. The largest absolute Gasteiger partial charge is 0.485 e. The van der Waals surface area contributed by atoms with Crippen molar-refractivity contribution in [2.75, 3.05) is 13.2 Å². The normalized spacial score (nSPS) is 11.9. The van der Waals surface area contributed by atoms with E-state index >= 15 is 0 Å². The molecular formula is C13H18N2O5. The molecule has 0 aliphatic heterocycles. The third-order valence-corrected chi connectivity index (χ3v) is 2.66. The average Bonchev–Trinajstić information content (AvgIpc) is 2.39. The van der Waals surface area contributed by atoms with Crippen molar-refractivity contribution in [3.8, 4) is 5.75 Å². The van der Waals surface area contributed by atoms with Crippen LogP contribution in [-0.4, -0.2) is 35.2 Å². The van der Waals surface area contributed by atoms with Gasteiger partial charge < -0.3 is 15.2 Å². The van der Waals surface area contributed by atoms with Crippen LogP contribution < -0.4 is 10.1 Å². The summed E-state index contributed by atoms with van der Waals surface area (Å²) in [5, 5.41) is 22.7. The summed E-state index contributed by atoms with van der Waals surface area (Å²) in [6.07, 6.45) is 0.786. The van der Waals surface area contributed by atoms with E-state index < -0.39 is 16.9 Å². The molecule has 1 unspecified atom stereocenters. The van der Waals surface area contributed by atoms with Crippen LogP contribution in [0.25, 0.3) is 0 Å².